The topological polar surface area (TPSA) is 119 Å². The average Bonchev–Trinajstić information content (AvgIpc) is 2.71. The summed E-state index contributed by atoms with van der Waals surface area (Å²) >= 11 is 0. The minimum Gasteiger partial charge on any atom is -0.468 e. The van der Waals surface area contributed by atoms with Crippen LogP contribution in [0.15, 0.2) is 48.5 Å². The number of nitrogen functional groups attached to an aromatic ring is 2. The molecule has 150 valence electrons. The normalized spacial score (nSPS) is 11.6. The second-order valence-corrected chi connectivity index (χ2v) is 6.57. The molecule has 0 saturated heterocycles. The molecule has 0 fully saturated rings. The van der Waals surface area contributed by atoms with Gasteiger partial charge < -0.3 is 26.8 Å². The molecule has 6 N–H and O–H groups in total. The molecule has 0 heterocycles. The second kappa shape index (κ2) is 10.9. The number of esters is 1. The molecule has 7 heteroatoms. The minimum atomic E-state index is -0.393. The first-order valence-corrected chi connectivity index (χ1v) is 9.29. The SMILES string of the molecule is COC(=O)C(CCCCNC(=O)c1ccc(N)cc1)NCc1ccc(N)cc1. The van der Waals surface area contributed by atoms with Gasteiger partial charge >= 0.3 is 5.97 Å². The Morgan fingerprint density at radius 3 is 2.18 bits per heavy atom. The van der Waals surface area contributed by atoms with Crippen LogP contribution in [0.25, 0.3) is 0 Å². The number of ether oxygens (including phenoxy) is 1. The van der Waals surface area contributed by atoms with E-state index in [0.29, 0.717) is 36.4 Å². The molecule has 0 aliphatic rings. The first-order chi connectivity index (χ1) is 13.5. The van der Waals surface area contributed by atoms with Gasteiger partial charge in [0.1, 0.15) is 6.04 Å². The van der Waals surface area contributed by atoms with E-state index < -0.39 is 6.04 Å². The number of unbranched alkanes of at least 4 members (excludes halogenated alkanes) is 1. The van der Waals surface area contributed by atoms with E-state index >= 15 is 0 Å². The number of amides is 1. The van der Waals surface area contributed by atoms with Crippen LogP contribution in [-0.4, -0.2) is 31.6 Å². The van der Waals surface area contributed by atoms with E-state index in [1.807, 2.05) is 24.3 Å². The van der Waals surface area contributed by atoms with E-state index in [1.54, 1.807) is 24.3 Å². The lowest BCUT2D eigenvalue weighted by Gasteiger charge is -2.16. The molecule has 2 rings (SSSR count). The number of anilines is 2. The van der Waals surface area contributed by atoms with Gasteiger partial charge in [-0.05, 0) is 61.2 Å². The zero-order chi connectivity index (χ0) is 20.4. The van der Waals surface area contributed by atoms with Crippen LogP contribution in [0.5, 0.6) is 0 Å². The quantitative estimate of drug-likeness (QED) is 0.283. The summed E-state index contributed by atoms with van der Waals surface area (Å²) in [6.07, 6.45) is 2.16. The third-order valence-electron chi connectivity index (χ3n) is 4.40. The van der Waals surface area contributed by atoms with Crippen LogP contribution in [0, 0.1) is 0 Å². The van der Waals surface area contributed by atoms with Crippen molar-refractivity contribution in [2.45, 2.75) is 31.8 Å². The van der Waals surface area contributed by atoms with Crippen LogP contribution in [-0.2, 0) is 16.1 Å². The molecule has 7 nitrogen and oxygen atoms in total. The Morgan fingerprint density at radius 1 is 0.964 bits per heavy atom. The summed E-state index contributed by atoms with van der Waals surface area (Å²) in [5.74, 6) is -0.424. The fraction of sp³-hybridized carbons (Fsp3) is 0.333. The lowest BCUT2D eigenvalue weighted by molar-refractivity contribution is -0.143. The van der Waals surface area contributed by atoms with Gasteiger partial charge in [-0.15, -0.1) is 0 Å². The molecular formula is C21H28N4O3. The monoisotopic (exact) mass is 384 g/mol. The summed E-state index contributed by atoms with van der Waals surface area (Å²) in [6, 6.07) is 13.9. The predicted molar refractivity (Wildman–Crippen MR) is 111 cm³/mol. The number of carbonyl (C=O) groups is 2. The van der Waals surface area contributed by atoms with Gasteiger partial charge in [0, 0.05) is 30.0 Å². The number of benzene rings is 2. The van der Waals surface area contributed by atoms with Gasteiger partial charge in [0.25, 0.3) is 5.91 Å². The fourth-order valence-electron chi connectivity index (χ4n) is 2.73. The highest BCUT2D eigenvalue weighted by Crippen LogP contribution is 2.08. The van der Waals surface area contributed by atoms with Crippen molar-refractivity contribution in [1.82, 2.24) is 10.6 Å². The summed E-state index contributed by atoms with van der Waals surface area (Å²) in [6.45, 7) is 1.09. The molecule has 0 bridgehead atoms. The molecule has 1 atom stereocenters. The number of nitrogens with one attached hydrogen (secondary N) is 2. The minimum absolute atomic E-state index is 0.133. The maximum atomic E-state index is 12.0. The molecule has 1 unspecified atom stereocenters. The van der Waals surface area contributed by atoms with Crippen molar-refractivity contribution in [3.05, 3.63) is 59.7 Å². The highest BCUT2D eigenvalue weighted by atomic mass is 16.5. The highest BCUT2D eigenvalue weighted by Gasteiger charge is 2.18. The molecule has 28 heavy (non-hydrogen) atoms. The van der Waals surface area contributed by atoms with Crippen molar-refractivity contribution in [2.75, 3.05) is 25.1 Å². The van der Waals surface area contributed by atoms with Gasteiger partial charge in [-0.2, -0.15) is 0 Å². The maximum absolute atomic E-state index is 12.0. The Balaban J connectivity index is 1.72. The van der Waals surface area contributed by atoms with E-state index in [2.05, 4.69) is 10.6 Å². The molecule has 0 aliphatic carbocycles. The number of hydrogen-bond donors (Lipinski definition) is 4. The number of nitrogens with two attached hydrogens (primary N) is 2. The van der Waals surface area contributed by atoms with Crippen molar-refractivity contribution in [1.29, 1.82) is 0 Å². The molecule has 0 spiro atoms. The molecular weight excluding hydrogens is 356 g/mol. The molecule has 2 aromatic carbocycles. The third-order valence-corrected chi connectivity index (χ3v) is 4.40. The zero-order valence-corrected chi connectivity index (χ0v) is 16.1. The summed E-state index contributed by atoms with van der Waals surface area (Å²) in [5.41, 5.74) is 14.2. The fourth-order valence-corrected chi connectivity index (χ4v) is 2.73. The van der Waals surface area contributed by atoms with E-state index in [1.165, 1.54) is 7.11 Å². The summed E-state index contributed by atoms with van der Waals surface area (Å²) < 4.78 is 4.88. The van der Waals surface area contributed by atoms with Gasteiger partial charge in [0.2, 0.25) is 0 Å². The van der Waals surface area contributed by atoms with Crippen molar-refractivity contribution in [3.63, 3.8) is 0 Å². The van der Waals surface area contributed by atoms with E-state index in [0.717, 1.165) is 18.4 Å². The number of carbonyl (C=O) groups excluding carboxylic acids is 2. The summed E-state index contributed by atoms with van der Waals surface area (Å²) in [7, 11) is 1.38. The first kappa shape index (κ1) is 21.2. The number of rotatable bonds is 10. The van der Waals surface area contributed by atoms with Crippen LogP contribution < -0.4 is 22.1 Å². The molecule has 2 aromatic rings. The lowest BCUT2D eigenvalue weighted by Crippen LogP contribution is -2.37. The first-order valence-electron chi connectivity index (χ1n) is 9.29. The van der Waals surface area contributed by atoms with Gasteiger partial charge in [0.05, 0.1) is 7.11 Å². The lowest BCUT2D eigenvalue weighted by atomic mass is 10.1. The van der Waals surface area contributed by atoms with E-state index in [4.69, 9.17) is 16.2 Å². The maximum Gasteiger partial charge on any atom is 0.322 e. The molecule has 0 radical (unpaired) electrons. The predicted octanol–water partition coefficient (Wildman–Crippen LogP) is 2.08. The Morgan fingerprint density at radius 2 is 1.57 bits per heavy atom. The van der Waals surface area contributed by atoms with Gasteiger partial charge in [-0.1, -0.05) is 12.1 Å². The van der Waals surface area contributed by atoms with Gasteiger partial charge in [0.15, 0.2) is 0 Å². The van der Waals surface area contributed by atoms with Crippen LogP contribution in [0.1, 0.15) is 35.2 Å². The van der Waals surface area contributed by atoms with Crippen LogP contribution in [0.2, 0.25) is 0 Å². The molecule has 1 amide bonds. The highest BCUT2D eigenvalue weighted by molar-refractivity contribution is 5.94. The number of methoxy groups -OCH3 is 1. The third kappa shape index (κ3) is 6.92. The van der Waals surface area contributed by atoms with Gasteiger partial charge in [-0.25, -0.2) is 0 Å². The standard InChI is InChI=1S/C21H28N4O3/c1-28-21(27)19(25-14-15-5-9-17(22)10-6-15)4-2-3-13-24-20(26)16-7-11-18(23)12-8-16/h5-12,19,25H,2-4,13-14,22-23H2,1H3,(H,24,26). The van der Waals surface area contributed by atoms with E-state index in [9.17, 15) is 9.59 Å². The van der Waals surface area contributed by atoms with Crippen molar-refractivity contribution >= 4 is 23.3 Å². The Kier molecular flexibility index (Phi) is 8.30. The smallest absolute Gasteiger partial charge is 0.322 e. The van der Waals surface area contributed by atoms with Crippen LogP contribution >= 0.6 is 0 Å². The average molecular weight is 384 g/mol. The molecule has 0 aliphatic heterocycles. The van der Waals surface area contributed by atoms with Crippen LogP contribution in [0.3, 0.4) is 0 Å². The number of hydrogen-bond acceptors (Lipinski definition) is 6. The Bertz CT molecular complexity index is 760. The van der Waals surface area contributed by atoms with Crippen molar-refractivity contribution in [3.8, 4) is 0 Å². The summed E-state index contributed by atoms with van der Waals surface area (Å²) in [5, 5.41) is 6.09. The van der Waals surface area contributed by atoms with Crippen molar-refractivity contribution < 1.29 is 14.3 Å². The van der Waals surface area contributed by atoms with Crippen LogP contribution in [0.4, 0.5) is 11.4 Å². The van der Waals surface area contributed by atoms with Crippen molar-refractivity contribution in [2.24, 2.45) is 0 Å². The Labute approximate surface area is 165 Å². The zero-order valence-electron chi connectivity index (χ0n) is 16.1. The summed E-state index contributed by atoms with van der Waals surface area (Å²) in [4.78, 5) is 24.0. The van der Waals surface area contributed by atoms with Gasteiger partial charge in [-0.3, -0.25) is 9.59 Å². The second-order valence-electron chi connectivity index (χ2n) is 6.57. The molecule has 0 saturated carbocycles. The van der Waals surface area contributed by atoms with E-state index in [-0.39, 0.29) is 11.9 Å². The molecule has 0 aromatic heterocycles. The Hall–Kier alpha value is -3.06. The largest absolute Gasteiger partial charge is 0.468 e.